The number of carbonyl (C=O) groups excluding carboxylic acids is 1. The van der Waals surface area contributed by atoms with Crippen LogP contribution >= 0.6 is 0 Å². The molecule has 0 atom stereocenters. The highest BCUT2D eigenvalue weighted by molar-refractivity contribution is 5.74. The van der Waals surface area contributed by atoms with E-state index in [1.807, 2.05) is 59.5 Å². The largest absolute Gasteiger partial charge is 0.457 e. The van der Waals surface area contributed by atoms with Crippen molar-refractivity contribution >= 4 is 12.0 Å². The molecule has 0 aliphatic carbocycles. The number of aromatic nitrogens is 2. The van der Waals surface area contributed by atoms with Crippen molar-refractivity contribution in [3.63, 3.8) is 0 Å². The Balaban J connectivity index is 1.31. The Morgan fingerprint density at radius 1 is 0.897 bits per heavy atom. The molecule has 1 aromatic heterocycles. The van der Waals surface area contributed by atoms with Crippen LogP contribution in [0.4, 0.5) is 10.7 Å². The van der Waals surface area contributed by atoms with Crippen molar-refractivity contribution in [3.05, 3.63) is 78.6 Å². The van der Waals surface area contributed by atoms with Gasteiger partial charge in [0.05, 0.1) is 0 Å². The Morgan fingerprint density at radius 2 is 1.59 bits per heavy atom. The average Bonchev–Trinajstić information content (AvgIpc) is 2.80. The molecule has 1 aliphatic heterocycles. The lowest BCUT2D eigenvalue weighted by Crippen LogP contribution is -2.52. The molecule has 0 bridgehead atoms. The fraction of sp³-hybridized carbons (Fsp3) is 0.227. The van der Waals surface area contributed by atoms with Gasteiger partial charge in [-0.15, -0.1) is 0 Å². The quantitative estimate of drug-likeness (QED) is 0.725. The Labute approximate surface area is 170 Å². The molecule has 1 saturated heterocycles. The lowest BCUT2D eigenvalue weighted by atomic mass is 10.2. The van der Waals surface area contributed by atoms with E-state index in [1.165, 1.54) is 0 Å². The maximum atomic E-state index is 12.6. The van der Waals surface area contributed by atoms with Gasteiger partial charge in [0, 0.05) is 50.7 Å². The molecule has 3 aromatic rings. The summed E-state index contributed by atoms with van der Waals surface area (Å²) in [7, 11) is 0. The lowest BCUT2D eigenvalue weighted by Gasteiger charge is -2.34. The Bertz CT molecular complexity index is 928. The van der Waals surface area contributed by atoms with E-state index in [0.29, 0.717) is 38.7 Å². The third kappa shape index (κ3) is 4.82. The van der Waals surface area contributed by atoms with Crippen LogP contribution in [0.15, 0.2) is 73.1 Å². The van der Waals surface area contributed by atoms with Gasteiger partial charge in [0.1, 0.15) is 11.5 Å². The van der Waals surface area contributed by atoms with E-state index >= 15 is 0 Å². The molecule has 0 spiro atoms. The molecule has 2 heterocycles. The zero-order valence-electron chi connectivity index (χ0n) is 16.1. The molecule has 1 N–H and O–H groups in total. The van der Waals surface area contributed by atoms with Crippen LogP contribution < -0.4 is 15.0 Å². The fourth-order valence-electron chi connectivity index (χ4n) is 3.21. The molecular weight excluding hydrogens is 366 g/mol. The number of urea groups is 1. The predicted molar refractivity (Wildman–Crippen MR) is 111 cm³/mol. The van der Waals surface area contributed by atoms with Gasteiger partial charge in [-0.3, -0.25) is 0 Å². The zero-order valence-corrected chi connectivity index (χ0v) is 16.1. The number of nitrogens with one attached hydrogen (secondary N) is 1. The highest BCUT2D eigenvalue weighted by Crippen LogP contribution is 2.25. The lowest BCUT2D eigenvalue weighted by molar-refractivity contribution is 0.193. The normalized spacial score (nSPS) is 13.8. The standard InChI is InChI=1S/C22H23N5O2/c28-22(27-15-13-26(14-16-27)21-23-11-6-12-24-21)25-17-18-7-4-5-10-20(18)29-19-8-2-1-3-9-19/h1-12H,13-17H2,(H,25,28). The minimum absolute atomic E-state index is 0.0758. The number of para-hydroxylation sites is 2. The van der Waals surface area contributed by atoms with Crippen molar-refractivity contribution in [2.75, 3.05) is 31.1 Å². The van der Waals surface area contributed by atoms with Gasteiger partial charge in [0.15, 0.2) is 0 Å². The number of hydrogen-bond acceptors (Lipinski definition) is 5. The molecule has 2 aromatic carbocycles. The number of ether oxygens (including phenoxy) is 1. The van der Waals surface area contributed by atoms with Crippen LogP contribution in [0.3, 0.4) is 0 Å². The second-order valence-corrected chi connectivity index (χ2v) is 6.70. The average molecular weight is 389 g/mol. The highest BCUT2D eigenvalue weighted by atomic mass is 16.5. The summed E-state index contributed by atoms with van der Waals surface area (Å²) in [6.45, 7) is 3.10. The van der Waals surface area contributed by atoms with Crippen LogP contribution in [-0.4, -0.2) is 47.1 Å². The predicted octanol–water partition coefficient (Wildman–Crippen LogP) is 3.30. The molecule has 2 amide bonds. The van der Waals surface area contributed by atoms with E-state index in [2.05, 4.69) is 20.2 Å². The molecule has 1 fully saturated rings. The van der Waals surface area contributed by atoms with Gasteiger partial charge in [0.2, 0.25) is 5.95 Å². The summed E-state index contributed by atoms with van der Waals surface area (Å²) in [5.41, 5.74) is 0.932. The maximum Gasteiger partial charge on any atom is 0.317 e. The molecule has 4 rings (SSSR count). The van der Waals surface area contributed by atoms with Crippen molar-refractivity contribution in [3.8, 4) is 11.5 Å². The van der Waals surface area contributed by atoms with E-state index in [-0.39, 0.29) is 6.03 Å². The summed E-state index contributed by atoms with van der Waals surface area (Å²) in [6.07, 6.45) is 3.47. The number of rotatable bonds is 5. The first-order valence-corrected chi connectivity index (χ1v) is 9.65. The highest BCUT2D eigenvalue weighted by Gasteiger charge is 2.22. The van der Waals surface area contributed by atoms with Crippen LogP contribution in [-0.2, 0) is 6.54 Å². The van der Waals surface area contributed by atoms with Crippen LogP contribution in [0.1, 0.15) is 5.56 Å². The van der Waals surface area contributed by atoms with Crippen LogP contribution in [0.2, 0.25) is 0 Å². The molecule has 0 saturated carbocycles. The number of piperazine rings is 1. The van der Waals surface area contributed by atoms with Crippen LogP contribution in [0.5, 0.6) is 11.5 Å². The third-order valence-electron chi connectivity index (χ3n) is 4.78. The van der Waals surface area contributed by atoms with Crippen LogP contribution in [0.25, 0.3) is 0 Å². The van der Waals surface area contributed by atoms with Crippen LogP contribution in [0, 0.1) is 0 Å². The van der Waals surface area contributed by atoms with Gasteiger partial charge in [0.25, 0.3) is 0 Å². The van der Waals surface area contributed by atoms with E-state index < -0.39 is 0 Å². The Kier molecular flexibility index (Phi) is 5.85. The summed E-state index contributed by atoms with van der Waals surface area (Å²) < 4.78 is 5.96. The summed E-state index contributed by atoms with van der Waals surface area (Å²) in [6, 6.07) is 19.1. The second kappa shape index (κ2) is 9.05. The van der Waals surface area contributed by atoms with E-state index in [0.717, 1.165) is 17.1 Å². The Morgan fingerprint density at radius 3 is 2.34 bits per heavy atom. The van der Waals surface area contributed by atoms with Gasteiger partial charge in [-0.05, 0) is 24.3 Å². The number of carbonyl (C=O) groups is 1. The number of nitrogens with zero attached hydrogens (tertiary/aromatic N) is 4. The molecule has 0 radical (unpaired) electrons. The van der Waals surface area contributed by atoms with Gasteiger partial charge in [-0.1, -0.05) is 36.4 Å². The van der Waals surface area contributed by atoms with Gasteiger partial charge >= 0.3 is 6.03 Å². The smallest absolute Gasteiger partial charge is 0.317 e. The minimum Gasteiger partial charge on any atom is -0.457 e. The number of amides is 2. The van der Waals surface area contributed by atoms with E-state index in [1.54, 1.807) is 18.5 Å². The van der Waals surface area contributed by atoms with Crippen molar-refractivity contribution in [1.82, 2.24) is 20.2 Å². The first-order valence-electron chi connectivity index (χ1n) is 9.65. The Hall–Kier alpha value is -3.61. The number of anilines is 1. The zero-order chi connectivity index (χ0) is 19.9. The molecule has 1 aliphatic rings. The summed E-state index contributed by atoms with van der Waals surface area (Å²) in [5.74, 6) is 2.22. The maximum absolute atomic E-state index is 12.6. The SMILES string of the molecule is O=C(NCc1ccccc1Oc1ccccc1)N1CCN(c2ncccn2)CC1. The summed E-state index contributed by atoms with van der Waals surface area (Å²) in [4.78, 5) is 25.1. The second-order valence-electron chi connectivity index (χ2n) is 6.70. The fourth-order valence-corrected chi connectivity index (χ4v) is 3.21. The molecule has 7 nitrogen and oxygen atoms in total. The summed E-state index contributed by atoms with van der Waals surface area (Å²) >= 11 is 0. The molecule has 7 heteroatoms. The van der Waals surface area contributed by atoms with Crippen molar-refractivity contribution in [2.45, 2.75) is 6.54 Å². The monoisotopic (exact) mass is 389 g/mol. The van der Waals surface area contributed by atoms with E-state index in [9.17, 15) is 4.79 Å². The van der Waals surface area contributed by atoms with Crippen molar-refractivity contribution < 1.29 is 9.53 Å². The van der Waals surface area contributed by atoms with Gasteiger partial charge < -0.3 is 19.9 Å². The summed E-state index contributed by atoms with van der Waals surface area (Å²) in [5, 5.41) is 3.01. The molecule has 29 heavy (non-hydrogen) atoms. The first-order chi connectivity index (χ1) is 14.3. The third-order valence-corrected chi connectivity index (χ3v) is 4.78. The molecule has 0 unspecified atom stereocenters. The van der Waals surface area contributed by atoms with Crippen molar-refractivity contribution in [2.24, 2.45) is 0 Å². The topological polar surface area (TPSA) is 70.6 Å². The number of benzene rings is 2. The minimum atomic E-state index is -0.0758. The first kappa shape index (κ1) is 18.7. The van der Waals surface area contributed by atoms with Crippen molar-refractivity contribution in [1.29, 1.82) is 0 Å². The molecule has 148 valence electrons. The number of hydrogen-bond donors (Lipinski definition) is 1. The van der Waals surface area contributed by atoms with E-state index in [4.69, 9.17) is 4.74 Å². The molecular formula is C22H23N5O2. The van der Waals surface area contributed by atoms with Gasteiger partial charge in [-0.2, -0.15) is 0 Å². The van der Waals surface area contributed by atoms with Gasteiger partial charge in [-0.25, -0.2) is 14.8 Å².